The predicted molar refractivity (Wildman–Crippen MR) is 412 cm³/mol. The van der Waals surface area contributed by atoms with Crippen molar-refractivity contribution < 1.29 is 68.5 Å². The van der Waals surface area contributed by atoms with Crippen molar-refractivity contribution in [2.24, 2.45) is 17.8 Å². The topological polar surface area (TPSA) is 162 Å². The molecule has 6 rings (SSSR count). The smallest absolute Gasteiger partial charge is 0.308 e. The fraction of sp³-hybridized carbons (Fsp3) is 0.857. The van der Waals surface area contributed by atoms with E-state index >= 15 is 0 Å². The Kier molecular flexibility index (Phi) is 29.1. The summed E-state index contributed by atoms with van der Waals surface area (Å²) in [5.74, 6) is -0.243. The largest absolute Gasteiger partial charge is 0.469 e. The van der Waals surface area contributed by atoms with Gasteiger partial charge in [0.1, 0.15) is 24.4 Å². The molecule has 21 heteroatoms. The number of ether oxygens (including phenoxy) is 7. The van der Waals surface area contributed by atoms with Crippen molar-refractivity contribution in [2.75, 3.05) is 26.6 Å². The molecule has 0 aromatic heterocycles. The SMILES string of the molecule is C=C1CC(CCC/C=C/C(O[Si](C)(C)C(C)(C)C)[C@@H]2O[C@H]3CCC(CC(=O)OC)OC3C(O[Si](C)(C)C(C)(C)C)C2O[Si](C)(C)C(C)(C)C)OC1CCC1CC(C)[C@@H](C)C(CC2O[C@H](CC(CO[Si](C)(C)C(C)(C)C)O[Si](C)(C)C(C)(C)C)[C@H](OC)C2CS(=O)(=O)c2ccccc2)O1. The van der Waals surface area contributed by atoms with Crippen LogP contribution in [-0.4, -0.2) is 174 Å². The summed E-state index contributed by atoms with van der Waals surface area (Å²) in [6.45, 7) is 66.7. The molecular weight excluding hydrogens is 1340 g/mol. The van der Waals surface area contributed by atoms with Crippen molar-refractivity contribution >= 4 is 57.4 Å². The van der Waals surface area contributed by atoms with Crippen LogP contribution >= 0.6 is 0 Å². The third kappa shape index (κ3) is 22.0. The Labute approximate surface area is 603 Å². The van der Waals surface area contributed by atoms with Crippen molar-refractivity contribution in [3.8, 4) is 0 Å². The lowest BCUT2D eigenvalue weighted by Crippen LogP contribution is -2.69. The molecule has 5 aliphatic heterocycles. The monoisotopic (exact) mass is 1480 g/mol. The molecule has 15 nitrogen and oxygen atoms in total. The van der Waals surface area contributed by atoms with E-state index in [4.69, 9.17) is 55.3 Å². The molecular formula is C77H142O15SSi5. The first kappa shape index (κ1) is 85.7. The van der Waals surface area contributed by atoms with Crippen molar-refractivity contribution in [3.05, 3.63) is 54.6 Å². The van der Waals surface area contributed by atoms with Gasteiger partial charge in [-0.25, -0.2) is 8.42 Å². The van der Waals surface area contributed by atoms with E-state index in [1.807, 2.05) is 6.07 Å². The van der Waals surface area contributed by atoms with E-state index in [0.717, 1.165) is 50.5 Å². The van der Waals surface area contributed by atoms with Crippen LogP contribution in [0.3, 0.4) is 0 Å². The van der Waals surface area contributed by atoms with Crippen LogP contribution in [0.15, 0.2) is 59.5 Å². The Morgan fingerprint density at radius 1 is 0.633 bits per heavy atom. The molecule has 18 atom stereocenters. The quantitative estimate of drug-likeness (QED) is 0.0309. The minimum atomic E-state index is -3.72. The van der Waals surface area contributed by atoms with Crippen LogP contribution in [0, 0.1) is 17.8 Å². The van der Waals surface area contributed by atoms with Gasteiger partial charge in [0.05, 0.1) is 97.9 Å². The number of unbranched alkanes of at least 4 members (excludes halogenated alkanes) is 1. The van der Waals surface area contributed by atoms with Crippen molar-refractivity contribution in [1.82, 2.24) is 0 Å². The van der Waals surface area contributed by atoms with E-state index in [-0.39, 0.29) is 92.0 Å². The third-order valence-corrected chi connectivity index (χ3v) is 49.5. The van der Waals surface area contributed by atoms with Crippen LogP contribution < -0.4 is 0 Å². The van der Waals surface area contributed by atoms with Crippen LogP contribution in [0.2, 0.25) is 90.7 Å². The van der Waals surface area contributed by atoms with E-state index < -0.39 is 106 Å². The molecule has 5 aliphatic rings. The maximum absolute atomic E-state index is 14.5. The Balaban J connectivity index is 1.18. The summed E-state index contributed by atoms with van der Waals surface area (Å²) in [4.78, 5) is 13.0. The molecule has 5 saturated heterocycles. The van der Waals surface area contributed by atoms with Gasteiger partial charge in [-0.05, 0) is 178 Å². The van der Waals surface area contributed by atoms with E-state index in [9.17, 15) is 13.2 Å². The molecule has 0 spiro atoms. The van der Waals surface area contributed by atoms with Crippen LogP contribution in [0.25, 0.3) is 0 Å². The lowest BCUT2D eigenvalue weighted by atomic mass is 9.79. The lowest BCUT2D eigenvalue weighted by Gasteiger charge is -2.56. The molecule has 5 fully saturated rings. The zero-order chi connectivity index (χ0) is 74.0. The molecule has 5 heterocycles. The Morgan fingerprint density at radius 3 is 1.77 bits per heavy atom. The van der Waals surface area contributed by atoms with Crippen LogP contribution in [0.1, 0.15) is 195 Å². The average Bonchev–Trinajstić information content (AvgIpc) is 0.770. The molecule has 0 aliphatic carbocycles. The highest BCUT2D eigenvalue weighted by Crippen LogP contribution is 2.50. The van der Waals surface area contributed by atoms with E-state index in [1.165, 1.54) is 7.11 Å². The van der Waals surface area contributed by atoms with Gasteiger partial charge >= 0.3 is 5.97 Å². The first-order valence-electron chi connectivity index (χ1n) is 37.6. The van der Waals surface area contributed by atoms with E-state index in [1.54, 1.807) is 31.4 Å². The molecule has 0 saturated carbocycles. The summed E-state index contributed by atoms with van der Waals surface area (Å²) in [6.07, 6.45) is 8.58. The van der Waals surface area contributed by atoms with E-state index in [2.05, 4.69) is 202 Å². The Bertz CT molecular complexity index is 2850. The normalized spacial score (nSPS) is 30.8. The maximum atomic E-state index is 14.5. The van der Waals surface area contributed by atoms with Gasteiger partial charge in [0, 0.05) is 25.9 Å². The number of esters is 1. The number of allylic oxidation sites excluding steroid dienone is 1. The van der Waals surface area contributed by atoms with Gasteiger partial charge < -0.3 is 55.3 Å². The van der Waals surface area contributed by atoms with Gasteiger partial charge in [0.25, 0.3) is 0 Å². The Hall–Kier alpha value is -1.24. The fourth-order valence-corrected chi connectivity index (χ4v) is 21.3. The average molecular weight is 1480 g/mol. The molecule has 1 aromatic carbocycles. The number of rotatable bonds is 30. The number of carbonyl (C=O) groups excluding carboxylic acids is 1. The summed E-state index contributed by atoms with van der Waals surface area (Å²) in [7, 11) is -12.4. The van der Waals surface area contributed by atoms with Crippen molar-refractivity contribution in [3.63, 3.8) is 0 Å². The van der Waals surface area contributed by atoms with Crippen molar-refractivity contribution in [1.29, 1.82) is 0 Å². The summed E-state index contributed by atoms with van der Waals surface area (Å²) in [5.41, 5.74) is 1.14. The number of fused-ring (bicyclic) bond motifs is 1. The van der Waals surface area contributed by atoms with Gasteiger partial charge in [-0.1, -0.05) is 155 Å². The highest BCUT2D eigenvalue weighted by Gasteiger charge is 2.59. The molecule has 0 bridgehead atoms. The second kappa shape index (κ2) is 33.3. The summed E-state index contributed by atoms with van der Waals surface area (Å²) in [5, 5.41) is -0.304. The molecule has 0 radical (unpaired) electrons. The minimum absolute atomic E-state index is 0.000945. The summed E-state index contributed by atoms with van der Waals surface area (Å²) in [6, 6.07) is 8.80. The van der Waals surface area contributed by atoms with E-state index in [0.29, 0.717) is 43.1 Å². The second-order valence-corrected chi connectivity index (χ2v) is 63.7. The fourth-order valence-electron chi connectivity index (χ4n) is 13.4. The van der Waals surface area contributed by atoms with Gasteiger partial charge in [-0.2, -0.15) is 0 Å². The number of benzene rings is 1. The first-order valence-corrected chi connectivity index (χ1v) is 53.8. The molecule has 566 valence electrons. The minimum Gasteiger partial charge on any atom is -0.469 e. The highest BCUT2D eigenvalue weighted by molar-refractivity contribution is 7.91. The number of methoxy groups -OCH3 is 2. The highest BCUT2D eigenvalue weighted by atomic mass is 32.2. The number of hydrogen-bond acceptors (Lipinski definition) is 15. The van der Waals surface area contributed by atoms with Gasteiger partial charge in [0.15, 0.2) is 51.4 Å². The van der Waals surface area contributed by atoms with Gasteiger partial charge in [-0.15, -0.1) is 0 Å². The van der Waals surface area contributed by atoms with Crippen LogP contribution in [0.4, 0.5) is 0 Å². The zero-order valence-corrected chi connectivity index (χ0v) is 72.9. The molecule has 0 amide bonds. The van der Waals surface area contributed by atoms with Gasteiger partial charge in [0.2, 0.25) is 0 Å². The first-order chi connectivity index (χ1) is 44.7. The predicted octanol–water partition coefficient (Wildman–Crippen LogP) is 18.8. The molecule has 0 N–H and O–H groups in total. The molecule has 13 unspecified atom stereocenters. The second-order valence-electron chi connectivity index (χ2n) is 37.9. The molecule has 1 aromatic rings. The number of sulfone groups is 1. The number of hydrogen-bond donors (Lipinski definition) is 0. The zero-order valence-electron chi connectivity index (χ0n) is 67.1. The van der Waals surface area contributed by atoms with Crippen molar-refractivity contribution in [2.45, 2.75) is 382 Å². The van der Waals surface area contributed by atoms with Crippen LogP contribution in [0.5, 0.6) is 0 Å². The lowest BCUT2D eigenvalue weighted by molar-refractivity contribution is -0.267. The third-order valence-electron chi connectivity index (χ3n) is 25.3. The summed E-state index contributed by atoms with van der Waals surface area (Å²) < 4.78 is 113. The standard InChI is InChI=1S/C77H142O15SSi5/c1-52-45-56(85-64(54(52)3)49-65-60(51-93(79,80)59-38-34-32-35-39-59)68(82-20)66(87-65)47-58(89-95(23,24)74(7,8)9)50-83-94(21,22)73(4,5)6)41-43-61-53(2)46-55(84-61)37-33-31-36-40-63(90-96(25,26)75(10,11)12)70-72(92-98(29,30)77(16,17)18)71(91-97(27,28)76(13,14)15)69-62(88-70)44-42-57(86-69)48-67(78)81-19/h32,34-36,38-40,52,54-58,60-66,68-72H,2,31,33,37,41-51H2,1,3-30H3/b40-36+/t52?,54-,55?,56?,57?,58?,60?,61?,62+,63?,64?,65?,66-,68-,69?,70+,71?,72?/m1/s1. The summed E-state index contributed by atoms with van der Waals surface area (Å²) >= 11 is 0. The van der Waals surface area contributed by atoms with Crippen LogP contribution in [-0.2, 0) is 69.9 Å². The maximum Gasteiger partial charge on any atom is 0.308 e. The van der Waals surface area contributed by atoms with Gasteiger partial charge in [-0.3, -0.25) is 4.79 Å². The Morgan fingerprint density at radius 2 is 1.20 bits per heavy atom. The number of carbonyl (C=O) groups is 1. The molecule has 98 heavy (non-hydrogen) atoms.